The van der Waals surface area contributed by atoms with Gasteiger partial charge in [-0.05, 0) is 41.3 Å². The van der Waals surface area contributed by atoms with Crippen molar-refractivity contribution >= 4 is 21.6 Å². The maximum absolute atomic E-state index is 12.9. The number of hydrogen-bond donors (Lipinski definition) is 1. The highest BCUT2D eigenvalue weighted by molar-refractivity contribution is 7.89. The second-order valence-electron chi connectivity index (χ2n) is 8.49. The van der Waals surface area contributed by atoms with Crippen molar-refractivity contribution in [2.75, 3.05) is 45.3 Å². The number of rotatable bonds is 7. The lowest BCUT2D eigenvalue weighted by Crippen LogP contribution is -2.40. The van der Waals surface area contributed by atoms with Crippen molar-refractivity contribution in [3.05, 3.63) is 48.0 Å². The van der Waals surface area contributed by atoms with Gasteiger partial charge in [-0.15, -0.1) is 0 Å². The van der Waals surface area contributed by atoms with Crippen LogP contribution in [-0.2, 0) is 25.0 Å². The van der Waals surface area contributed by atoms with E-state index in [1.165, 1.54) is 29.6 Å². The molecule has 1 aliphatic heterocycles. The van der Waals surface area contributed by atoms with Crippen LogP contribution in [0.5, 0.6) is 11.5 Å². The molecule has 3 rings (SSSR count). The van der Waals surface area contributed by atoms with Crippen molar-refractivity contribution in [2.24, 2.45) is 0 Å². The molecule has 0 saturated carbocycles. The van der Waals surface area contributed by atoms with Crippen molar-refractivity contribution in [3.8, 4) is 11.5 Å². The van der Waals surface area contributed by atoms with Crippen molar-refractivity contribution in [1.82, 2.24) is 4.31 Å². The quantitative estimate of drug-likeness (QED) is 0.680. The molecule has 174 valence electrons. The lowest BCUT2D eigenvalue weighted by Gasteiger charge is -2.26. The summed E-state index contributed by atoms with van der Waals surface area (Å²) in [5.41, 5.74) is 1.45. The van der Waals surface area contributed by atoms with Gasteiger partial charge in [0, 0.05) is 13.1 Å². The highest BCUT2D eigenvalue weighted by Crippen LogP contribution is 2.29. The summed E-state index contributed by atoms with van der Waals surface area (Å²) < 4.78 is 43.3. The first kappa shape index (κ1) is 24.0. The van der Waals surface area contributed by atoms with Crippen LogP contribution in [0.15, 0.2) is 47.4 Å². The zero-order chi connectivity index (χ0) is 23.4. The van der Waals surface area contributed by atoms with Gasteiger partial charge in [0.25, 0.3) is 5.91 Å². The number of sulfonamides is 1. The third kappa shape index (κ3) is 5.79. The Bertz CT molecular complexity index is 1040. The van der Waals surface area contributed by atoms with Crippen LogP contribution >= 0.6 is 0 Å². The van der Waals surface area contributed by atoms with E-state index >= 15 is 0 Å². The Morgan fingerprint density at radius 2 is 1.75 bits per heavy atom. The average Bonchev–Trinajstić information content (AvgIpc) is 2.78. The van der Waals surface area contributed by atoms with E-state index in [9.17, 15) is 13.2 Å². The molecule has 9 heteroatoms. The number of morpholine rings is 1. The summed E-state index contributed by atoms with van der Waals surface area (Å²) in [6.07, 6.45) is 0. The van der Waals surface area contributed by atoms with Crippen molar-refractivity contribution in [1.29, 1.82) is 0 Å². The number of anilines is 1. The standard InChI is InChI=1S/C23H30N2O6S/c1-23(2,3)17-5-7-18(8-6-17)31-16-22(26)24-20-15-19(9-10-21(20)29-4)32(27,28)25-11-13-30-14-12-25/h5-10,15H,11-14,16H2,1-4H3,(H,24,26). The fraction of sp³-hybridized carbons (Fsp3) is 0.435. The number of methoxy groups -OCH3 is 1. The topological polar surface area (TPSA) is 94.2 Å². The molecule has 0 unspecified atom stereocenters. The molecule has 1 N–H and O–H groups in total. The Morgan fingerprint density at radius 3 is 2.34 bits per heavy atom. The third-order valence-corrected chi connectivity index (χ3v) is 7.04. The second kappa shape index (κ2) is 9.89. The van der Waals surface area contributed by atoms with Crippen LogP contribution in [0, 0.1) is 0 Å². The number of carbonyl (C=O) groups is 1. The molecule has 1 fully saturated rings. The van der Waals surface area contributed by atoms with Crippen molar-refractivity contribution < 1.29 is 27.4 Å². The van der Waals surface area contributed by atoms with Crippen molar-refractivity contribution in [3.63, 3.8) is 0 Å². The van der Waals surface area contributed by atoms with Crippen LogP contribution in [0.25, 0.3) is 0 Å². The van der Waals surface area contributed by atoms with Gasteiger partial charge in [0.05, 0.1) is 30.9 Å². The first-order valence-electron chi connectivity index (χ1n) is 10.4. The summed E-state index contributed by atoms with van der Waals surface area (Å²) in [6.45, 7) is 7.43. The Balaban J connectivity index is 1.69. The van der Waals surface area contributed by atoms with Crippen molar-refractivity contribution in [2.45, 2.75) is 31.1 Å². The molecule has 1 amide bonds. The Labute approximate surface area is 189 Å². The van der Waals surface area contributed by atoms with Gasteiger partial charge in [-0.25, -0.2) is 8.42 Å². The Morgan fingerprint density at radius 1 is 1.09 bits per heavy atom. The van der Waals surface area contributed by atoms with Gasteiger partial charge >= 0.3 is 0 Å². The van der Waals surface area contributed by atoms with Crippen LogP contribution in [0.2, 0.25) is 0 Å². The summed E-state index contributed by atoms with van der Waals surface area (Å²) in [5.74, 6) is 0.502. The van der Waals surface area contributed by atoms with Crippen LogP contribution in [0.1, 0.15) is 26.3 Å². The SMILES string of the molecule is COc1ccc(S(=O)(=O)N2CCOCC2)cc1NC(=O)COc1ccc(C(C)(C)C)cc1. The molecule has 0 radical (unpaired) electrons. The molecular formula is C23H30N2O6S. The van der Waals surface area contributed by atoms with Gasteiger partial charge in [0.2, 0.25) is 10.0 Å². The van der Waals surface area contributed by atoms with E-state index in [4.69, 9.17) is 14.2 Å². The number of ether oxygens (including phenoxy) is 3. The van der Waals surface area contributed by atoms with E-state index in [0.29, 0.717) is 24.7 Å². The van der Waals surface area contributed by atoms with Gasteiger partial charge < -0.3 is 19.5 Å². The normalized spacial score (nSPS) is 15.2. The van der Waals surface area contributed by atoms with E-state index in [1.54, 1.807) is 0 Å². The number of benzene rings is 2. The molecule has 0 bridgehead atoms. The molecule has 0 aliphatic carbocycles. The minimum Gasteiger partial charge on any atom is -0.495 e. The predicted octanol–water partition coefficient (Wildman–Crippen LogP) is 3.03. The highest BCUT2D eigenvalue weighted by Gasteiger charge is 2.27. The monoisotopic (exact) mass is 462 g/mol. The Hall–Kier alpha value is -2.62. The van der Waals surface area contributed by atoms with E-state index < -0.39 is 15.9 Å². The summed E-state index contributed by atoms with van der Waals surface area (Å²) in [5, 5.41) is 2.69. The molecule has 0 atom stereocenters. The molecule has 1 aliphatic rings. The summed E-state index contributed by atoms with van der Waals surface area (Å²) >= 11 is 0. The van der Waals surface area contributed by atoms with Gasteiger partial charge in [-0.1, -0.05) is 32.9 Å². The van der Waals surface area contributed by atoms with Gasteiger partial charge in [0.15, 0.2) is 6.61 Å². The summed E-state index contributed by atoms with van der Waals surface area (Å²) in [6, 6.07) is 12.0. The highest BCUT2D eigenvalue weighted by atomic mass is 32.2. The molecule has 8 nitrogen and oxygen atoms in total. The fourth-order valence-electron chi connectivity index (χ4n) is 3.27. The van der Waals surface area contributed by atoms with Crippen LogP contribution in [0.3, 0.4) is 0 Å². The number of carbonyl (C=O) groups excluding carboxylic acids is 1. The fourth-order valence-corrected chi connectivity index (χ4v) is 4.70. The predicted molar refractivity (Wildman–Crippen MR) is 122 cm³/mol. The maximum Gasteiger partial charge on any atom is 0.262 e. The van der Waals surface area contributed by atoms with Crippen LogP contribution in [0.4, 0.5) is 5.69 Å². The summed E-state index contributed by atoms with van der Waals surface area (Å²) in [4.78, 5) is 12.6. The molecule has 1 saturated heterocycles. The number of nitrogens with one attached hydrogen (secondary N) is 1. The lowest BCUT2D eigenvalue weighted by molar-refractivity contribution is -0.118. The van der Waals surface area contributed by atoms with Gasteiger partial charge in [-0.3, -0.25) is 4.79 Å². The second-order valence-corrected chi connectivity index (χ2v) is 10.4. The van der Waals surface area contributed by atoms with Crippen LogP contribution < -0.4 is 14.8 Å². The first-order valence-corrected chi connectivity index (χ1v) is 11.8. The molecule has 2 aromatic carbocycles. The lowest BCUT2D eigenvalue weighted by atomic mass is 9.87. The molecule has 32 heavy (non-hydrogen) atoms. The van der Waals surface area contributed by atoms with Crippen LogP contribution in [-0.4, -0.2) is 58.7 Å². The molecule has 0 aromatic heterocycles. The summed E-state index contributed by atoms with van der Waals surface area (Å²) in [7, 11) is -2.25. The third-order valence-electron chi connectivity index (χ3n) is 5.14. The van der Waals surface area contributed by atoms with E-state index in [-0.39, 0.29) is 35.7 Å². The maximum atomic E-state index is 12.9. The van der Waals surface area contributed by atoms with Gasteiger partial charge in [0.1, 0.15) is 11.5 Å². The van der Waals surface area contributed by atoms with Gasteiger partial charge in [-0.2, -0.15) is 4.31 Å². The number of amides is 1. The zero-order valence-electron chi connectivity index (χ0n) is 18.9. The minimum atomic E-state index is -3.70. The minimum absolute atomic E-state index is 0.0268. The first-order chi connectivity index (χ1) is 15.1. The molecule has 1 heterocycles. The van der Waals surface area contributed by atoms with E-state index in [0.717, 1.165) is 5.56 Å². The zero-order valence-corrected chi connectivity index (χ0v) is 19.7. The van der Waals surface area contributed by atoms with E-state index in [2.05, 4.69) is 26.1 Å². The number of nitrogens with zero attached hydrogens (tertiary/aromatic N) is 1. The molecular weight excluding hydrogens is 432 g/mol. The average molecular weight is 463 g/mol. The smallest absolute Gasteiger partial charge is 0.262 e. The van der Waals surface area contributed by atoms with E-state index in [1.807, 2.05) is 24.3 Å². The Kier molecular flexibility index (Phi) is 7.43. The molecule has 0 spiro atoms. The number of hydrogen-bond acceptors (Lipinski definition) is 6. The molecule has 2 aromatic rings. The largest absolute Gasteiger partial charge is 0.495 e.